The summed E-state index contributed by atoms with van der Waals surface area (Å²) in [7, 11) is 0. The number of carbonyl (C=O) groups excluding carboxylic acids is 3. The van der Waals surface area contributed by atoms with Crippen LogP contribution in [0.15, 0.2) is 22.9 Å². The lowest BCUT2D eigenvalue weighted by Crippen LogP contribution is -2.51. The summed E-state index contributed by atoms with van der Waals surface area (Å²) < 4.78 is 0. The minimum Gasteiger partial charge on any atom is -0.397 e. The zero-order chi connectivity index (χ0) is 30.8. The molecular weight excluding hydrogens is 596 g/mol. The SMILES string of the molecule is Cc1cc(C[C@@H](CC(=O)N2CCC(N3Cc4cscc4NC3=O)CC2)C(=O)N2CCC(C3CCNCC3)CC2)cc(Cl)c1N. The smallest absolute Gasteiger partial charge is 0.322 e. The van der Waals surface area contributed by atoms with Gasteiger partial charge in [-0.25, -0.2) is 4.79 Å². The molecule has 44 heavy (non-hydrogen) atoms. The molecular formula is C33H45ClN6O3S. The molecule has 4 amide bonds. The summed E-state index contributed by atoms with van der Waals surface area (Å²) in [4.78, 5) is 46.3. The minimum atomic E-state index is -0.459. The van der Waals surface area contributed by atoms with Crippen LogP contribution >= 0.6 is 22.9 Å². The van der Waals surface area contributed by atoms with Gasteiger partial charge in [-0.15, -0.1) is 11.3 Å². The van der Waals surface area contributed by atoms with Crippen LogP contribution in [0.5, 0.6) is 0 Å². The van der Waals surface area contributed by atoms with Crippen molar-refractivity contribution in [2.24, 2.45) is 17.8 Å². The van der Waals surface area contributed by atoms with Crippen LogP contribution in [-0.2, 0) is 22.6 Å². The first-order chi connectivity index (χ1) is 21.3. The van der Waals surface area contributed by atoms with Gasteiger partial charge in [0.25, 0.3) is 0 Å². The highest BCUT2D eigenvalue weighted by Gasteiger charge is 2.36. The Balaban J connectivity index is 1.09. The van der Waals surface area contributed by atoms with Crippen LogP contribution in [0.2, 0.25) is 5.02 Å². The zero-order valence-electron chi connectivity index (χ0n) is 25.7. The molecule has 0 unspecified atom stereocenters. The molecule has 1 atom stereocenters. The number of thiophene rings is 1. The van der Waals surface area contributed by atoms with Crippen LogP contribution in [0, 0.1) is 24.7 Å². The molecule has 6 rings (SSSR count). The lowest BCUT2D eigenvalue weighted by Gasteiger charge is -2.41. The Morgan fingerprint density at radius 3 is 2.39 bits per heavy atom. The number of amides is 4. The van der Waals surface area contributed by atoms with Gasteiger partial charge in [0.1, 0.15) is 0 Å². The van der Waals surface area contributed by atoms with E-state index in [9.17, 15) is 14.4 Å². The van der Waals surface area contributed by atoms with Gasteiger partial charge in [0.15, 0.2) is 0 Å². The van der Waals surface area contributed by atoms with Crippen molar-refractivity contribution in [1.82, 2.24) is 20.0 Å². The van der Waals surface area contributed by atoms with E-state index >= 15 is 0 Å². The Kier molecular flexibility index (Phi) is 9.68. The van der Waals surface area contributed by atoms with E-state index < -0.39 is 5.92 Å². The molecule has 1 aromatic carbocycles. The van der Waals surface area contributed by atoms with Crippen molar-refractivity contribution in [2.45, 2.75) is 70.9 Å². The normalized spacial score (nSPS) is 21.2. The third kappa shape index (κ3) is 6.87. The van der Waals surface area contributed by atoms with Crippen LogP contribution in [0.4, 0.5) is 16.2 Å². The Morgan fingerprint density at radius 2 is 1.68 bits per heavy atom. The average molecular weight is 641 g/mol. The number of urea groups is 1. The topological polar surface area (TPSA) is 111 Å². The van der Waals surface area contributed by atoms with Crippen molar-refractivity contribution in [3.05, 3.63) is 44.6 Å². The molecule has 0 aliphatic carbocycles. The predicted octanol–water partition coefficient (Wildman–Crippen LogP) is 5.12. The van der Waals surface area contributed by atoms with Gasteiger partial charge < -0.3 is 31.1 Å². The maximum Gasteiger partial charge on any atom is 0.322 e. The predicted molar refractivity (Wildman–Crippen MR) is 176 cm³/mol. The Labute approximate surface area is 269 Å². The molecule has 3 fully saturated rings. The van der Waals surface area contributed by atoms with Crippen LogP contribution in [-0.4, -0.2) is 77.9 Å². The first-order valence-corrected chi connectivity index (χ1v) is 17.5. The summed E-state index contributed by atoms with van der Waals surface area (Å²) in [5.41, 5.74) is 10.5. The maximum absolute atomic E-state index is 14.1. The number of piperidine rings is 3. The summed E-state index contributed by atoms with van der Waals surface area (Å²) >= 11 is 8.02. The number of hydrogen-bond acceptors (Lipinski definition) is 6. The van der Waals surface area contributed by atoms with Gasteiger partial charge in [-0.1, -0.05) is 17.7 Å². The lowest BCUT2D eigenvalue weighted by molar-refractivity contribution is -0.143. The molecule has 2 aromatic rings. The first-order valence-electron chi connectivity index (χ1n) is 16.2. The summed E-state index contributed by atoms with van der Waals surface area (Å²) in [5.74, 6) is 1.04. The van der Waals surface area contributed by atoms with Gasteiger partial charge in [0, 0.05) is 49.6 Å². The second-order valence-electron chi connectivity index (χ2n) is 13.1. The number of nitrogen functional groups attached to an aromatic ring is 1. The van der Waals surface area contributed by atoms with Gasteiger partial charge >= 0.3 is 6.03 Å². The number of hydrogen-bond donors (Lipinski definition) is 3. The molecule has 238 valence electrons. The van der Waals surface area contributed by atoms with Gasteiger partial charge in [-0.05, 0) is 99.4 Å². The highest BCUT2D eigenvalue weighted by atomic mass is 35.5. The number of nitrogens with zero attached hydrogens (tertiary/aromatic N) is 3. The van der Waals surface area contributed by atoms with Gasteiger partial charge in [0.05, 0.1) is 28.9 Å². The van der Waals surface area contributed by atoms with E-state index in [0.717, 1.165) is 80.2 Å². The molecule has 0 spiro atoms. The fraction of sp³-hybridized carbons (Fsp3) is 0.606. The van der Waals surface area contributed by atoms with E-state index in [-0.39, 0.29) is 30.3 Å². The monoisotopic (exact) mass is 640 g/mol. The highest BCUT2D eigenvalue weighted by molar-refractivity contribution is 7.08. The van der Waals surface area contributed by atoms with Gasteiger partial charge in [-0.3, -0.25) is 9.59 Å². The number of likely N-dealkylation sites (tertiary alicyclic amines) is 2. The van der Waals surface area contributed by atoms with E-state index in [1.807, 2.05) is 39.1 Å². The zero-order valence-corrected chi connectivity index (χ0v) is 27.2. The molecule has 0 saturated carbocycles. The van der Waals surface area contributed by atoms with Crippen molar-refractivity contribution in [1.29, 1.82) is 0 Å². The van der Waals surface area contributed by atoms with Gasteiger partial charge in [0.2, 0.25) is 11.8 Å². The minimum absolute atomic E-state index is 0.00729. The molecule has 4 aliphatic heterocycles. The molecule has 0 radical (unpaired) electrons. The van der Waals surface area contributed by atoms with Crippen molar-refractivity contribution < 1.29 is 14.4 Å². The molecule has 1 aromatic heterocycles. The fourth-order valence-electron chi connectivity index (χ4n) is 7.70. The number of fused-ring (bicyclic) bond motifs is 1. The van der Waals surface area contributed by atoms with Crippen molar-refractivity contribution in [2.75, 3.05) is 50.3 Å². The molecule has 4 N–H and O–H groups in total. The number of halogens is 1. The molecule has 11 heteroatoms. The van der Waals surface area contributed by atoms with Crippen LogP contribution < -0.4 is 16.4 Å². The number of carbonyl (C=O) groups is 3. The Bertz CT molecular complexity index is 1340. The molecule has 3 saturated heterocycles. The molecule has 0 bridgehead atoms. The summed E-state index contributed by atoms with van der Waals surface area (Å²) in [6.07, 6.45) is 6.60. The van der Waals surface area contributed by atoms with E-state index in [0.29, 0.717) is 42.7 Å². The summed E-state index contributed by atoms with van der Waals surface area (Å²) in [6, 6.07) is 3.86. The number of aryl methyl sites for hydroxylation is 1. The Hall–Kier alpha value is -2.82. The second kappa shape index (κ2) is 13.7. The third-order valence-corrected chi connectivity index (χ3v) is 11.5. The standard InChI is InChI=1S/C33H45ClN6O3S/c1-21-14-22(16-28(34)31(21)35)15-25(32(42)39-10-4-24(5-11-39)23-2-8-36-9-3-23)17-30(41)38-12-6-27(7-13-38)40-18-26-19-44-20-29(26)37-33(40)43/h14,16,19-20,23-25,27,36H,2-13,15,17-18,35H2,1H3,(H,37,43)/t25-/m0/s1. The van der Waals surface area contributed by atoms with E-state index in [1.54, 1.807) is 11.3 Å². The number of anilines is 2. The quantitative estimate of drug-likeness (QED) is 0.364. The number of nitrogens with one attached hydrogen (secondary N) is 2. The second-order valence-corrected chi connectivity index (χ2v) is 14.3. The number of nitrogens with two attached hydrogens (primary N) is 1. The summed E-state index contributed by atoms with van der Waals surface area (Å²) in [5, 5.41) is 11.0. The Morgan fingerprint density at radius 1 is 1.00 bits per heavy atom. The van der Waals surface area contributed by atoms with E-state index in [1.165, 1.54) is 12.8 Å². The third-order valence-electron chi connectivity index (χ3n) is 10.4. The lowest BCUT2D eigenvalue weighted by atomic mass is 9.79. The van der Waals surface area contributed by atoms with Crippen molar-refractivity contribution in [3.8, 4) is 0 Å². The molecule has 4 aliphatic rings. The van der Waals surface area contributed by atoms with Crippen molar-refractivity contribution in [3.63, 3.8) is 0 Å². The van der Waals surface area contributed by atoms with E-state index in [2.05, 4.69) is 16.0 Å². The average Bonchev–Trinajstić information content (AvgIpc) is 3.50. The van der Waals surface area contributed by atoms with Gasteiger partial charge in [-0.2, -0.15) is 0 Å². The largest absolute Gasteiger partial charge is 0.397 e. The van der Waals surface area contributed by atoms with Crippen LogP contribution in [0.3, 0.4) is 0 Å². The van der Waals surface area contributed by atoms with Crippen LogP contribution in [0.1, 0.15) is 61.6 Å². The van der Waals surface area contributed by atoms with Crippen LogP contribution in [0.25, 0.3) is 0 Å². The van der Waals surface area contributed by atoms with Crippen molar-refractivity contribution >= 4 is 52.2 Å². The summed E-state index contributed by atoms with van der Waals surface area (Å²) in [6.45, 7) is 7.40. The maximum atomic E-state index is 14.1. The number of benzene rings is 1. The highest BCUT2D eigenvalue weighted by Crippen LogP contribution is 2.34. The molecule has 5 heterocycles. The number of rotatable bonds is 7. The first kappa shape index (κ1) is 31.2. The molecule has 9 nitrogen and oxygen atoms in total. The van der Waals surface area contributed by atoms with E-state index in [4.69, 9.17) is 17.3 Å². The fourth-order valence-corrected chi connectivity index (χ4v) is 8.77.